The molecule has 0 radical (unpaired) electrons. The van der Waals surface area contributed by atoms with Crippen LogP contribution < -0.4 is 14.4 Å². The van der Waals surface area contributed by atoms with Gasteiger partial charge >= 0.3 is 6.09 Å². The van der Waals surface area contributed by atoms with Crippen LogP contribution in [0, 0.1) is 0 Å². The van der Waals surface area contributed by atoms with Crippen LogP contribution in [0.3, 0.4) is 0 Å². The molecule has 0 aliphatic rings. The summed E-state index contributed by atoms with van der Waals surface area (Å²) >= 11 is 18.2. The minimum atomic E-state index is -2.40. The van der Waals surface area contributed by atoms with E-state index in [4.69, 9.17) is 62.9 Å². The molecule has 0 unspecified atom stereocenters. The van der Waals surface area contributed by atoms with Crippen LogP contribution in [-0.4, -0.2) is 51.7 Å². The van der Waals surface area contributed by atoms with E-state index >= 15 is 0 Å². The predicted octanol–water partition coefficient (Wildman–Crippen LogP) is 13.0. The highest BCUT2D eigenvalue weighted by Crippen LogP contribution is 2.45. The third kappa shape index (κ3) is 14.3. The predicted molar refractivity (Wildman–Crippen MR) is 244 cm³/mol. The van der Waals surface area contributed by atoms with E-state index in [0.717, 1.165) is 28.0 Å². The van der Waals surface area contributed by atoms with Crippen LogP contribution in [0.2, 0.25) is 16.6 Å². The second kappa shape index (κ2) is 23.5. The molecule has 0 bridgehead atoms. The molecular weight excluding hydrogens is 825 g/mol. The maximum Gasteiger partial charge on any atom is 0.414 e. The number of amides is 1. The van der Waals surface area contributed by atoms with E-state index in [2.05, 4.69) is 48.1 Å². The fourth-order valence-corrected chi connectivity index (χ4v) is 13.4. The number of halogens is 3. The zero-order chi connectivity index (χ0) is 43.0. The molecule has 4 rings (SSSR count). The Labute approximate surface area is 367 Å². The molecule has 0 N–H and O–H groups in total. The molecule has 0 aliphatic carbocycles. The van der Waals surface area contributed by atoms with Gasteiger partial charge in [0.2, 0.25) is 3.79 Å². The lowest BCUT2D eigenvalue weighted by atomic mass is 9.94. The summed E-state index contributed by atoms with van der Waals surface area (Å²) in [4.78, 5) is 15.6. The highest BCUT2D eigenvalue weighted by atomic mass is 35.6. The summed E-state index contributed by atoms with van der Waals surface area (Å²) in [5.41, 5.74) is 6.00. The standard InChI is InChI=1S/C47H60Cl3NO7Si/c1-9-24-51(46(52)57-33-47(48,49)50)43-25-40(29-54-27-37-16-12-10-13-17-37)26-44(56-30-38-18-14-11-15-19-38)45(43)41(31-55-28-39-20-22-42(53-8)23-21-39)32-58-59(34(2)3,35(4)5)36(6)7/h9-23,25-26,34-36,41H,1,24,27-33H2,2-8H3/t41-/m1/s1. The Kier molecular flexibility index (Phi) is 19.1. The van der Waals surface area contributed by atoms with Gasteiger partial charge in [0.25, 0.3) is 0 Å². The van der Waals surface area contributed by atoms with Crippen molar-refractivity contribution in [2.45, 2.75) is 94.3 Å². The first-order valence-corrected chi connectivity index (χ1v) is 23.4. The molecule has 0 aromatic heterocycles. The maximum absolute atomic E-state index is 14.1. The van der Waals surface area contributed by atoms with Crippen LogP contribution in [0.5, 0.6) is 11.5 Å². The smallest absolute Gasteiger partial charge is 0.414 e. The second-order valence-corrected chi connectivity index (χ2v) is 23.5. The fourth-order valence-electron chi connectivity index (χ4n) is 7.72. The summed E-state index contributed by atoms with van der Waals surface area (Å²) in [7, 11) is -0.755. The van der Waals surface area contributed by atoms with Crippen molar-refractivity contribution in [3.63, 3.8) is 0 Å². The molecule has 1 atom stereocenters. The molecule has 0 spiro atoms. The molecule has 320 valence electrons. The average molecular weight is 885 g/mol. The van der Waals surface area contributed by atoms with E-state index in [1.807, 2.05) is 97.1 Å². The number of rotatable bonds is 23. The molecule has 0 saturated heterocycles. The first-order valence-electron chi connectivity index (χ1n) is 20.1. The number of carbonyl (C=O) groups excluding carboxylic acids is 1. The highest BCUT2D eigenvalue weighted by molar-refractivity contribution is 6.77. The summed E-state index contributed by atoms with van der Waals surface area (Å²) < 4.78 is 36.1. The normalized spacial score (nSPS) is 12.5. The topological polar surface area (TPSA) is 75.7 Å². The summed E-state index contributed by atoms with van der Waals surface area (Å²) in [6, 6.07) is 31.6. The monoisotopic (exact) mass is 883 g/mol. The molecule has 12 heteroatoms. The van der Waals surface area contributed by atoms with E-state index in [1.54, 1.807) is 13.2 Å². The minimum absolute atomic E-state index is 0.0844. The van der Waals surface area contributed by atoms with Crippen molar-refractivity contribution < 1.29 is 32.9 Å². The number of hydrogen-bond donors (Lipinski definition) is 0. The summed E-state index contributed by atoms with van der Waals surface area (Å²) in [6.45, 7) is 19.0. The Hall–Kier alpha value is -3.54. The fraction of sp³-hybridized carbons (Fsp3) is 0.426. The first-order chi connectivity index (χ1) is 28.2. The van der Waals surface area contributed by atoms with Gasteiger partial charge in [0.1, 0.15) is 24.7 Å². The third-order valence-electron chi connectivity index (χ3n) is 10.4. The van der Waals surface area contributed by atoms with Gasteiger partial charge in [-0.25, -0.2) is 4.79 Å². The quantitative estimate of drug-likeness (QED) is 0.0417. The Morgan fingerprint density at radius 1 is 0.729 bits per heavy atom. The third-order valence-corrected chi connectivity index (χ3v) is 16.8. The van der Waals surface area contributed by atoms with Crippen molar-refractivity contribution in [2.75, 3.05) is 38.4 Å². The highest BCUT2D eigenvalue weighted by Gasteiger charge is 2.46. The van der Waals surface area contributed by atoms with Crippen molar-refractivity contribution in [3.05, 3.63) is 138 Å². The Morgan fingerprint density at radius 3 is 1.81 bits per heavy atom. The van der Waals surface area contributed by atoms with E-state index in [0.29, 0.717) is 53.4 Å². The van der Waals surface area contributed by atoms with Crippen LogP contribution >= 0.6 is 34.8 Å². The van der Waals surface area contributed by atoms with Crippen LogP contribution in [0.15, 0.2) is 110 Å². The van der Waals surface area contributed by atoms with Crippen molar-refractivity contribution in [3.8, 4) is 11.5 Å². The lowest BCUT2D eigenvalue weighted by molar-refractivity contribution is 0.0877. The lowest BCUT2D eigenvalue weighted by Crippen LogP contribution is -2.48. The van der Waals surface area contributed by atoms with Crippen LogP contribution in [0.4, 0.5) is 10.5 Å². The SMILES string of the molecule is C=CCN(C(=O)OCC(Cl)(Cl)Cl)c1cc(COCc2ccccc2)cc(OCc2ccccc2)c1[C@H](COCc1ccc(OC)cc1)CO[Si](C(C)C)(C(C)C)C(C)C. The molecule has 0 heterocycles. The van der Waals surface area contributed by atoms with Gasteiger partial charge in [-0.15, -0.1) is 6.58 Å². The van der Waals surface area contributed by atoms with Crippen molar-refractivity contribution >= 4 is 54.9 Å². The second-order valence-electron chi connectivity index (χ2n) is 15.5. The average Bonchev–Trinajstić information content (AvgIpc) is 3.21. The summed E-state index contributed by atoms with van der Waals surface area (Å²) in [6.07, 6.45) is 0.909. The zero-order valence-corrected chi connectivity index (χ0v) is 38.7. The Balaban J connectivity index is 1.91. The molecule has 8 nitrogen and oxygen atoms in total. The van der Waals surface area contributed by atoms with Crippen molar-refractivity contribution in [2.24, 2.45) is 0 Å². The van der Waals surface area contributed by atoms with Gasteiger partial charge in [0.15, 0.2) is 8.32 Å². The number of carbonyl (C=O) groups is 1. The molecule has 59 heavy (non-hydrogen) atoms. The molecule has 1 amide bonds. The largest absolute Gasteiger partial charge is 0.497 e. The van der Waals surface area contributed by atoms with Crippen LogP contribution in [0.25, 0.3) is 0 Å². The molecule has 4 aromatic carbocycles. The van der Waals surface area contributed by atoms with Crippen LogP contribution in [0.1, 0.15) is 75.3 Å². The number of nitrogens with zero attached hydrogens (tertiary/aromatic N) is 1. The van der Waals surface area contributed by atoms with Crippen molar-refractivity contribution in [1.29, 1.82) is 0 Å². The Bertz CT molecular complexity index is 1850. The first kappa shape index (κ1) is 48.1. The van der Waals surface area contributed by atoms with Gasteiger partial charge in [0.05, 0.1) is 39.2 Å². The van der Waals surface area contributed by atoms with E-state index in [1.165, 1.54) is 4.90 Å². The van der Waals surface area contributed by atoms with Gasteiger partial charge in [-0.1, -0.05) is 155 Å². The lowest BCUT2D eigenvalue weighted by Gasteiger charge is -2.43. The number of ether oxygens (including phenoxy) is 5. The molecule has 0 saturated carbocycles. The molecule has 0 aliphatic heterocycles. The van der Waals surface area contributed by atoms with E-state index in [9.17, 15) is 4.79 Å². The molecular formula is C47H60Cl3NO7Si. The number of anilines is 1. The van der Waals surface area contributed by atoms with Gasteiger partial charge < -0.3 is 28.1 Å². The van der Waals surface area contributed by atoms with E-state index < -0.39 is 30.7 Å². The van der Waals surface area contributed by atoms with Gasteiger partial charge in [-0.05, 0) is 63.1 Å². The maximum atomic E-state index is 14.1. The van der Waals surface area contributed by atoms with Crippen molar-refractivity contribution in [1.82, 2.24) is 0 Å². The summed E-state index contributed by atoms with van der Waals surface area (Å²) in [5, 5.41) is 0. The molecule has 4 aromatic rings. The number of benzene rings is 4. The molecule has 0 fully saturated rings. The zero-order valence-electron chi connectivity index (χ0n) is 35.4. The van der Waals surface area contributed by atoms with Gasteiger partial charge in [-0.3, -0.25) is 4.90 Å². The van der Waals surface area contributed by atoms with Gasteiger partial charge in [0, 0.05) is 24.6 Å². The van der Waals surface area contributed by atoms with Crippen LogP contribution in [-0.2, 0) is 45.1 Å². The van der Waals surface area contributed by atoms with Gasteiger partial charge in [-0.2, -0.15) is 0 Å². The number of hydrogen-bond acceptors (Lipinski definition) is 7. The Morgan fingerprint density at radius 2 is 1.27 bits per heavy atom. The summed E-state index contributed by atoms with van der Waals surface area (Å²) in [5.74, 6) is 0.907. The number of methoxy groups -OCH3 is 1. The minimum Gasteiger partial charge on any atom is -0.497 e. The van der Waals surface area contributed by atoms with E-state index in [-0.39, 0.29) is 26.4 Å². The number of alkyl halides is 3.